The summed E-state index contributed by atoms with van der Waals surface area (Å²) in [6.45, 7) is 0. The van der Waals surface area contributed by atoms with E-state index in [1.807, 2.05) is 36.4 Å². The second-order valence-corrected chi connectivity index (χ2v) is 5.49. The van der Waals surface area contributed by atoms with Crippen molar-refractivity contribution in [2.24, 2.45) is 0 Å². The zero-order valence-electron chi connectivity index (χ0n) is 11.9. The van der Waals surface area contributed by atoms with Crippen LogP contribution in [0, 0.1) is 0 Å². The predicted molar refractivity (Wildman–Crippen MR) is 91.0 cm³/mol. The number of carbonyl (C=O) groups is 1. The number of carboxylic acid groups (broad SMARTS) is 1. The van der Waals surface area contributed by atoms with Gasteiger partial charge in [-0.05, 0) is 39.5 Å². The van der Waals surface area contributed by atoms with Gasteiger partial charge >= 0.3 is 5.97 Å². The zero-order valence-corrected chi connectivity index (χ0v) is 12.7. The van der Waals surface area contributed by atoms with Crippen LogP contribution < -0.4 is 0 Å². The van der Waals surface area contributed by atoms with Crippen molar-refractivity contribution in [2.45, 2.75) is 6.42 Å². The normalized spacial score (nSPS) is 14.3. The number of benzene rings is 2. The number of allylic oxidation sites excluding steroid dienone is 1. The number of halogens is 1. The molecule has 0 fully saturated rings. The first-order valence-corrected chi connectivity index (χ1v) is 7.61. The van der Waals surface area contributed by atoms with E-state index in [1.165, 1.54) is 0 Å². The van der Waals surface area contributed by atoms with Crippen LogP contribution in [0.15, 0.2) is 48.5 Å². The highest BCUT2D eigenvalue weighted by Gasteiger charge is 2.15. The topological polar surface area (TPSA) is 37.3 Å². The van der Waals surface area contributed by atoms with E-state index in [-0.39, 0.29) is 6.42 Å². The van der Waals surface area contributed by atoms with Crippen LogP contribution in [0.4, 0.5) is 0 Å². The van der Waals surface area contributed by atoms with Crippen LogP contribution in [0.3, 0.4) is 0 Å². The summed E-state index contributed by atoms with van der Waals surface area (Å²) in [5, 5.41) is 9.00. The molecular weight excluding hydrogens is 296 g/mol. The van der Waals surface area contributed by atoms with E-state index in [4.69, 9.17) is 16.7 Å². The number of alkyl halides is 1. The SMILES string of the molecule is O=C(O)Cc1ccc2c(c1)/C(=C/CCl)c1ccccc1C=C2. The first-order valence-electron chi connectivity index (χ1n) is 7.08. The second kappa shape index (κ2) is 6.20. The van der Waals surface area contributed by atoms with Gasteiger partial charge in [-0.25, -0.2) is 0 Å². The lowest BCUT2D eigenvalue weighted by Gasteiger charge is -2.13. The Morgan fingerprint density at radius 1 is 1.05 bits per heavy atom. The van der Waals surface area contributed by atoms with Crippen molar-refractivity contribution in [3.05, 3.63) is 76.4 Å². The number of hydrogen-bond acceptors (Lipinski definition) is 1. The molecule has 0 aliphatic heterocycles. The molecule has 0 saturated carbocycles. The molecule has 1 aliphatic rings. The lowest BCUT2D eigenvalue weighted by atomic mass is 9.92. The molecule has 2 aromatic carbocycles. The van der Waals surface area contributed by atoms with Gasteiger partial charge in [-0.3, -0.25) is 4.79 Å². The first kappa shape index (κ1) is 14.6. The fraction of sp³-hybridized carbons (Fsp3) is 0.105. The van der Waals surface area contributed by atoms with Gasteiger partial charge in [-0.15, -0.1) is 11.6 Å². The molecule has 0 spiro atoms. The molecule has 1 N–H and O–H groups in total. The third-order valence-electron chi connectivity index (χ3n) is 3.74. The van der Waals surface area contributed by atoms with Crippen LogP contribution in [0.2, 0.25) is 0 Å². The van der Waals surface area contributed by atoms with E-state index in [9.17, 15) is 4.79 Å². The van der Waals surface area contributed by atoms with E-state index in [1.54, 1.807) is 0 Å². The molecule has 0 heterocycles. The Balaban J connectivity index is 2.20. The largest absolute Gasteiger partial charge is 0.481 e. The van der Waals surface area contributed by atoms with Crippen LogP contribution in [-0.2, 0) is 11.2 Å². The van der Waals surface area contributed by atoms with Crippen LogP contribution in [0.5, 0.6) is 0 Å². The average molecular weight is 311 g/mol. The van der Waals surface area contributed by atoms with Gasteiger partial charge in [0, 0.05) is 5.88 Å². The summed E-state index contributed by atoms with van der Waals surface area (Å²) >= 11 is 5.95. The summed E-state index contributed by atoms with van der Waals surface area (Å²) in [5.74, 6) is -0.417. The quantitative estimate of drug-likeness (QED) is 0.725. The average Bonchev–Trinajstić information content (AvgIpc) is 2.65. The maximum atomic E-state index is 11.0. The molecule has 3 rings (SSSR count). The Hall–Kier alpha value is -2.32. The van der Waals surface area contributed by atoms with Crippen LogP contribution >= 0.6 is 11.6 Å². The van der Waals surface area contributed by atoms with Gasteiger partial charge in [-0.1, -0.05) is 54.6 Å². The Morgan fingerprint density at radius 2 is 1.77 bits per heavy atom. The first-order chi connectivity index (χ1) is 10.7. The van der Waals surface area contributed by atoms with Gasteiger partial charge in [0.15, 0.2) is 0 Å². The molecule has 1 aliphatic carbocycles. The van der Waals surface area contributed by atoms with Gasteiger partial charge < -0.3 is 5.11 Å². The molecular formula is C19H15ClO2. The lowest BCUT2D eigenvalue weighted by molar-refractivity contribution is -0.136. The molecule has 0 aromatic heterocycles. The summed E-state index contributed by atoms with van der Waals surface area (Å²) in [6.07, 6.45) is 6.15. The molecule has 0 bridgehead atoms. The molecule has 22 heavy (non-hydrogen) atoms. The fourth-order valence-electron chi connectivity index (χ4n) is 2.78. The lowest BCUT2D eigenvalue weighted by Crippen LogP contribution is -2.01. The van der Waals surface area contributed by atoms with Crippen molar-refractivity contribution < 1.29 is 9.90 Å². The van der Waals surface area contributed by atoms with Gasteiger partial charge in [-0.2, -0.15) is 0 Å². The maximum Gasteiger partial charge on any atom is 0.307 e. The highest BCUT2D eigenvalue weighted by molar-refractivity contribution is 6.19. The van der Waals surface area contributed by atoms with Crippen molar-refractivity contribution in [2.75, 3.05) is 5.88 Å². The Bertz CT molecular complexity index is 788. The van der Waals surface area contributed by atoms with Crippen molar-refractivity contribution >= 4 is 35.3 Å². The standard InChI is InChI=1S/C19H15ClO2/c20-10-9-17-16-4-2-1-3-14(16)7-8-15-6-5-13(11-18(15)17)12-19(21)22/h1-9,11H,10,12H2,(H,21,22)/b17-9+. The van der Waals surface area contributed by atoms with E-state index >= 15 is 0 Å². The van der Waals surface area contributed by atoms with Crippen molar-refractivity contribution in [3.8, 4) is 0 Å². The fourth-order valence-corrected chi connectivity index (χ4v) is 2.93. The van der Waals surface area contributed by atoms with E-state index < -0.39 is 5.97 Å². The Morgan fingerprint density at radius 3 is 2.50 bits per heavy atom. The molecule has 0 atom stereocenters. The molecule has 0 amide bonds. The molecule has 0 radical (unpaired) electrons. The third kappa shape index (κ3) is 2.83. The Kier molecular flexibility index (Phi) is 4.12. The number of rotatable bonds is 3. The minimum atomic E-state index is -0.826. The van der Waals surface area contributed by atoms with Crippen LogP contribution in [0.1, 0.15) is 27.8 Å². The third-order valence-corrected chi connectivity index (χ3v) is 3.89. The Labute approximate surface area is 134 Å². The molecule has 2 aromatic rings. The van der Waals surface area contributed by atoms with Crippen molar-refractivity contribution in [1.29, 1.82) is 0 Å². The highest BCUT2D eigenvalue weighted by Crippen LogP contribution is 2.34. The minimum absolute atomic E-state index is 0.0206. The highest BCUT2D eigenvalue weighted by atomic mass is 35.5. The summed E-state index contributed by atoms with van der Waals surface area (Å²) < 4.78 is 0. The predicted octanol–water partition coefficient (Wildman–Crippen LogP) is 4.47. The maximum absolute atomic E-state index is 11.0. The zero-order chi connectivity index (χ0) is 15.5. The molecule has 3 heteroatoms. The summed E-state index contributed by atoms with van der Waals surface area (Å²) in [7, 11) is 0. The monoisotopic (exact) mass is 310 g/mol. The molecule has 0 saturated heterocycles. The number of aliphatic carboxylic acids is 1. The van der Waals surface area contributed by atoms with E-state index in [0.717, 1.165) is 33.4 Å². The van der Waals surface area contributed by atoms with Crippen molar-refractivity contribution in [1.82, 2.24) is 0 Å². The number of hydrogen-bond donors (Lipinski definition) is 1. The summed E-state index contributed by atoms with van der Waals surface area (Å²) in [6, 6.07) is 13.9. The van der Waals surface area contributed by atoms with E-state index in [2.05, 4.69) is 24.3 Å². The smallest absolute Gasteiger partial charge is 0.307 e. The van der Waals surface area contributed by atoms with Gasteiger partial charge in [0.1, 0.15) is 0 Å². The van der Waals surface area contributed by atoms with Gasteiger partial charge in [0.2, 0.25) is 0 Å². The number of fused-ring (bicyclic) bond motifs is 2. The summed E-state index contributed by atoms with van der Waals surface area (Å²) in [5.41, 5.74) is 6.19. The number of carboxylic acids is 1. The van der Waals surface area contributed by atoms with Crippen molar-refractivity contribution in [3.63, 3.8) is 0 Å². The van der Waals surface area contributed by atoms with Crippen LogP contribution in [0.25, 0.3) is 17.7 Å². The minimum Gasteiger partial charge on any atom is -0.481 e. The van der Waals surface area contributed by atoms with Crippen LogP contribution in [-0.4, -0.2) is 17.0 Å². The summed E-state index contributed by atoms with van der Waals surface area (Å²) in [4.78, 5) is 11.0. The van der Waals surface area contributed by atoms with Gasteiger partial charge in [0.05, 0.1) is 6.42 Å². The molecule has 2 nitrogen and oxygen atoms in total. The molecule has 110 valence electrons. The van der Waals surface area contributed by atoms with Gasteiger partial charge in [0.25, 0.3) is 0 Å². The molecule has 0 unspecified atom stereocenters. The van der Waals surface area contributed by atoms with E-state index in [0.29, 0.717) is 5.88 Å². The second-order valence-electron chi connectivity index (χ2n) is 5.18.